The van der Waals surface area contributed by atoms with Gasteiger partial charge in [0.2, 0.25) is 0 Å². The lowest BCUT2D eigenvalue weighted by Gasteiger charge is -2.11. The maximum Gasteiger partial charge on any atom is 0.269 e. The lowest BCUT2D eigenvalue weighted by molar-refractivity contribution is -0.384. The lowest BCUT2D eigenvalue weighted by Crippen LogP contribution is -2.20. The summed E-state index contributed by atoms with van der Waals surface area (Å²) in [5.41, 5.74) is 1.76. The van der Waals surface area contributed by atoms with E-state index in [2.05, 4.69) is 27.3 Å². The molecule has 0 aliphatic carbocycles. The summed E-state index contributed by atoms with van der Waals surface area (Å²) < 4.78 is 6.43. The molecule has 0 aliphatic rings. The van der Waals surface area contributed by atoms with Gasteiger partial charge in [0, 0.05) is 22.2 Å². The second kappa shape index (κ2) is 10.6. The molecular weight excluding hydrogens is 498 g/mol. The SMILES string of the molecule is N#C/C(=C/c1cc(Br)ccc1OCC(=O)Nc1ccccc1Cl)c1ccc([N+](=O)[O-])cc1. The van der Waals surface area contributed by atoms with E-state index in [0.717, 1.165) is 4.47 Å². The number of amides is 1. The number of para-hydroxylation sites is 1. The minimum Gasteiger partial charge on any atom is -0.483 e. The number of hydrogen-bond acceptors (Lipinski definition) is 5. The smallest absolute Gasteiger partial charge is 0.269 e. The number of anilines is 1. The van der Waals surface area contributed by atoms with Gasteiger partial charge in [-0.05, 0) is 54.1 Å². The highest BCUT2D eigenvalue weighted by atomic mass is 79.9. The van der Waals surface area contributed by atoms with Gasteiger partial charge in [0.25, 0.3) is 11.6 Å². The Balaban J connectivity index is 1.80. The highest BCUT2D eigenvalue weighted by Gasteiger charge is 2.11. The van der Waals surface area contributed by atoms with Crippen LogP contribution in [0, 0.1) is 21.4 Å². The molecule has 0 radical (unpaired) electrons. The molecule has 3 rings (SSSR count). The Labute approximate surface area is 197 Å². The first-order valence-electron chi connectivity index (χ1n) is 9.20. The van der Waals surface area contributed by atoms with Crippen LogP contribution in [0.2, 0.25) is 5.02 Å². The minimum atomic E-state index is -0.506. The van der Waals surface area contributed by atoms with Gasteiger partial charge in [-0.15, -0.1) is 0 Å². The molecule has 0 aromatic heterocycles. The number of nitrogens with zero attached hydrogens (tertiary/aromatic N) is 2. The third-order valence-electron chi connectivity index (χ3n) is 4.29. The van der Waals surface area contributed by atoms with Gasteiger partial charge in [-0.25, -0.2) is 0 Å². The van der Waals surface area contributed by atoms with E-state index in [1.807, 2.05) is 0 Å². The number of benzene rings is 3. The molecule has 0 atom stereocenters. The number of nitrogens with one attached hydrogen (secondary N) is 1. The van der Waals surface area contributed by atoms with Crippen molar-refractivity contribution in [3.63, 3.8) is 0 Å². The van der Waals surface area contributed by atoms with Crippen molar-refractivity contribution in [2.45, 2.75) is 0 Å². The molecule has 1 amide bonds. The summed E-state index contributed by atoms with van der Waals surface area (Å²) in [5.74, 6) is -0.0102. The minimum absolute atomic E-state index is 0.0675. The number of rotatable bonds is 7. The zero-order valence-electron chi connectivity index (χ0n) is 16.4. The van der Waals surface area contributed by atoms with E-state index in [1.165, 1.54) is 24.3 Å². The number of nitriles is 1. The van der Waals surface area contributed by atoms with Crippen LogP contribution < -0.4 is 10.1 Å². The maximum atomic E-state index is 12.3. The van der Waals surface area contributed by atoms with Crippen LogP contribution in [0.3, 0.4) is 0 Å². The third-order valence-corrected chi connectivity index (χ3v) is 5.11. The second-order valence-electron chi connectivity index (χ2n) is 6.47. The van der Waals surface area contributed by atoms with E-state index in [9.17, 15) is 20.2 Å². The molecule has 3 aromatic rings. The maximum absolute atomic E-state index is 12.3. The molecule has 0 fully saturated rings. The predicted molar refractivity (Wildman–Crippen MR) is 126 cm³/mol. The number of hydrogen-bond donors (Lipinski definition) is 1. The Bertz CT molecular complexity index is 1240. The Kier molecular flexibility index (Phi) is 7.60. The van der Waals surface area contributed by atoms with Crippen LogP contribution in [0.25, 0.3) is 11.6 Å². The van der Waals surface area contributed by atoms with Gasteiger partial charge in [0.1, 0.15) is 5.75 Å². The fourth-order valence-electron chi connectivity index (χ4n) is 2.75. The molecule has 0 heterocycles. The number of allylic oxidation sites excluding steroid dienone is 1. The molecule has 0 spiro atoms. The molecule has 0 saturated heterocycles. The van der Waals surface area contributed by atoms with Gasteiger partial charge in [-0.3, -0.25) is 14.9 Å². The molecule has 0 saturated carbocycles. The van der Waals surface area contributed by atoms with Crippen LogP contribution >= 0.6 is 27.5 Å². The summed E-state index contributed by atoms with van der Waals surface area (Å²) in [7, 11) is 0. The molecule has 160 valence electrons. The van der Waals surface area contributed by atoms with Gasteiger partial charge in [0.15, 0.2) is 6.61 Å². The zero-order valence-corrected chi connectivity index (χ0v) is 18.8. The monoisotopic (exact) mass is 511 g/mol. The molecule has 0 bridgehead atoms. The number of ether oxygens (including phenoxy) is 1. The van der Waals surface area contributed by atoms with Crippen molar-refractivity contribution in [2.75, 3.05) is 11.9 Å². The van der Waals surface area contributed by atoms with Crippen molar-refractivity contribution in [3.8, 4) is 11.8 Å². The van der Waals surface area contributed by atoms with Gasteiger partial charge in [0.05, 0.1) is 27.3 Å². The van der Waals surface area contributed by atoms with E-state index < -0.39 is 10.8 Å². The average Bonchev–Trinajstić information content (AvgIpc) is 2.78. The van der Waals surface area contributed by atoms with E-state index in [1.54, 1.807) is 48.5 Å². The Morgan fingerprint density at radius 3 is 2.56 bits per heavy atom. The Hall–Kier alpha value is -3.67. The number of nitro groups is 1. The summed E-state index contributed by atoms with van der Waals surface area (Å²) in [4.78, 5) is 22.6. The fraction of sp³-hybridized carbons (Fsp3) is 0.0435. The largest absolute Gasteiger partial charge is 0.483 e. The molecule has 0 aliphatic heterocycles. The highest BCUT2D eigenvalue weighted by molar-refractivity contribution is 9.10. The van der Waals surface area contributed by atoms with Crippen molar-refractivity contribution < 1.29 is 14.5 Å². The first-order chi connectivity index (χ1) is 15.4. The number of nitro benzene ring substituents is 1. The number of halogens is 2. The van der Waals surface area contributed by atoms with Gasteiger partial charge < -0.3 is 10.1 Å². The molecule has 7 nitrogen and oxygen atoms in total. The Morgan fingerprint density at radius 2 is 1.91 bits per heavy atom. The van der Waals surface area contributed by atoms with Gasteiger partial charge in [-0.2, -0.15) is 5.26 Å². The molecule has 32 heavy (non-hydrogen) atoms. The van der Waals surface area contributed by atoms with Crippen molar-refractivity contribution in [3.05, 3.63) is 97.5 Å². The van der Waals surface area contributed by atoms with Crippen LogP contribution in [0.4, 0.5) is 11.4 Å². The number of carbonyl (C=O) groups excluding carboxylic acids is 1. The molecular formula is C23H15BrClN3O4. The Morgan fingerprint density at radius 1 is 1.19 bits per heavy atom. The fourth-order valence-corrected chi connectivity index (χ4v) is 3.32. The van der Waals surface area contributed by atoms with E-state index in [4.69, 9.17) is 16.3 Å². The average molecular weight is 513 g/mol. The van der Waals surface area contributed by atoms with Gasteiger partial charge >= 0.3 is 0 Å². The summed E-state index contributed by atoms with van der Waals surface area (Å²) >= 11 is 9.44. The van der Waals surface area contributed by atoms with E-state index in [0.29, 0.717) is 27.6 Å². The second-order valence-corrected chi connectivity index (χ2v) is 7.80. The first-order valence-corrected chi connectivity index (χ1v) is 10.4. The summed E-state index contributed by atoms with van der Waals surface area (Å²) in [6, 6.07) is 19.8. The summed E-state index contributed by atoms with van der Waals surface area (Å²) in [5, 5.41) is 23.5. The highest BCUT2D eigenvalue weighted by Crippen LogP contribution is 2.29. The standard InChI is InChI=1S/C23H15BrClN3O4/c24-18-7-10-22(32-14-23(29)27-21-4-2-1-3-20(21)25)16(12-18)11-17(13-26)15-5-8-19(9-6-15)28(30)31/h1-12H,14H2,(H,27,29)/b17-11-. The van der Waals surface area contributed by atoms with Crippen LogP contribution in [-0.4, -0.2) is 17.4 Å². The quantitative estimate of drug-likeness (QED) is 0.178. The zero-order chi connectivity index (χ0) is 23.1. The molecule has 9 heteroatoms. The molecule has 0 unspecified atom stereocenters. The predicted octanol–water partition coefficient (Wildman–Crippen LogP) is 6.09. The van der Waals surface area contributed by atoms with Crippen molar-refractivity contribution in [1.29, 1.82) is 5.26 Å². The topological polar surface area (TPSA) is 105 Å². The number of non-ortho nitro benzene ring substituents is 1. The van der Waals surface area contributed by atoms with Crippen molar-refractivity contribution >= 4 is 56.5 Å². The van der Waals surface area contributed by atoms with Crippen LogP contribution in [0.15, 0.2) is 71.2 Å². The van der Waals surface area contributed by atoms with Crippen molar-refractivity contribution in [1.82, 2.24) is 0 Å². The van der Waals surface area contributed by atoms with E-state index >= 15 is 0 Å². The summed E-state index contributed by atoms with van der Waals surface area (Å²) in [6.45, 7) is -0.271. The first kappa shape index (κ1) is 23.0. The van der Waals surface area contributed by atoms with E-state index in [-0.39, 0.29) is 17.9 Å². The van der Waals surface area contributed by atoms with Gasteiger partial charge in [-0.1, -0.05) is 39.7 Å². The molecule has 1 N–H and O–H groups in total. The van der Waals surface area contributed by atoms with Crippen molar-refractivity contribution in [2.24, 2.45) is 0 Å². The third kappa shape index (κ3) is 5.94. The normalized spacial score (nSPS) is 10.8. The summed E-state index contributed by atoms with van der Waals surface area (Å²) in [6.07, 6.45) is 1.59. The lowest BCUT2D eigenvalue weighted by atomic mass is 10.0. The van der Waals surface area contributed by atoms with Crippen LogP contribution in [-0.2, 0) is 4.79 Å². The number of carbonyl (C=O) groups is 1. The van der Waals surface area contributed by atoms with Crippen LogP contribution in [0.1, 0.15) is 11.1 Å². The molecule has 3 aromatic carbocycles. The van der Waals surface area contributed by atoms with Crippen LogP contribution in [0.5, 0.6) is 5.75 Å².